The fourth-order valence-electron chi connectivity index (χ4n) is 1.99. The van der Waals surface area contributed by atoms with E-state index in [1.807, 2.05) is 19.9 Å². The molecule has 0 aromatic carbocycles. The molecule has 0 saturated heterocycles. The fourth-order valence-corrected chi connectivity index (χ4v) is 1.99. The molecule has 0 radical (unpaired) electrons. The summed E-state index contributed by atoms with van der Waals surface area (Å²) in [4.78, 5) is 11.1. The lowest BCUT2D eigenvalue weighted by atomic mass is 9.95. The van der Waals surface area contributed by atoms with Crippen molar-refractivity contribution in [2.45, 2.75) is 32.5 Å². The molecular formula is C12H20O5. The van der Waals surface area contributed by atoms with Crippen LogP contribution in [0.4, 0.5) is 0 Å². The monoisotopic (exact) mass is 244 g/mol. The number of carbonyl (C=O) groups is 1. The molecule has 1 heterocycles. The van der Waals surface area contributed by atoms with Gasteiger partial charge in [0, 0.05) is 7.11 Å². The number of hydrogen-bond donors (Lipinski definition) is 1. The lowest BCUT2D eigenvalue weighted by Crippen LogP contribution is -2.31. The Kier molecular flexibility index (Phi) is 5.61. The van der Waals surface area contributed by atoms with E-state index >= 15 is 0 Å². The van der Waals surface area contributed by atoms with E-state index in [4.69, 9.17) is 19.3 Å². The average Bonchev–Trinajstić information content (AvgIpc) is 2.61. The summed E-state index contributed by atoms with van der Waals surface area (Å²) in [6, 6.07) is 0. The predicted molar refractivity (Wildman–Crippen MR) is 61.7 cm³/mol. The molecule has 0 aromatic rings. The Bertz CT molecular complexity index is 287. The maximum atomic E-state index is 11.1. The van der Waals surface area contributed by atoms with Crippen LogP contribution in [-0.2, 0) is 19.0 Å². The molecule has 1 aliphatic rings. The zero-order valence-corrected chi connectivity index (χ0v) is 10.5. The third-order valence-electron chi connectivity index (χ3n) is 2.82. The van der Waals surface area contributed by atoms with E-state index in [2.05, 4.69) is 0 Å². The van der Waals surface area contributed by atoms with Crippen molar-refractivity contribution in [2.75, 3.05) is 20.5 Å². The molecule has 0 saturated carbocycles. The fraction of sp³-hybridized carbons (Fsp3) is 0.750. The van der Waals surface area contributed by atoms with Crippen LogP contribution in [0.5, 0.6) is 0 Å². The first-order valence-corrected chi connectivity index (χ1v) is 5.73. The first kappa shape index (κ1) is 14.2. The van der Waals surface area contributed by atoms with Crippen LogP contribution in [0.25, 0.3) is 0 Å². The standard InChI is InChI=1S/C12H20O5/c1-4-10(12(13)14)11-8(2)5-9(17-11)6-16-7-15-3/h5,9-11H,4,6-7H2,1-3H3,(H,13,14)/t9-,10+,11-/m0/s1. The topological polar surface area (TPSA) is 65.0 Å². The van der Waals surface area contributed by atoms with Gasteiger partial charge in [0.05, 0.1) is 18.6 Å². The van der Waals surface area contributed by atoms with Gasteiger partial charge in [0.15, 0.2) is 0 Å². The van der Waals surface area contributed by atoms with E-state index in [0.717, 1.165) is 5.57 Å². The van der Waals surface area contributed by atoms with Crippen molar-refractivity contribution in [3.8, 4) is 0 Å². The van der Waals surface area contributed by atoms with Crippen LogP contribution in [0, 0.1) is 5.92 Å². The molecule has 1 N–H and O–H groups in total. The maximum Gasteiger partial charge on any atom is 0.309 e. The highest BCUT2D eigenvalue weighted by Gasteiger charge is 2.34. The quantitative estimate of drug-likeness (QED) is 0.417. The second-order valence-electron chi connectivity index (χ2n) is 4.14. The van der Waals surface area contributed by atoms with E-state index in [-0.39, 0.29) is 19.0 Å². The van der Waals surface area contributed by atoms with Gasteiger partial charge in [0.1, 0.15) is 12.9 Å². The van der Waals surface area contributed by atoms with Crippen LogP contribution in [0.15, 0.2) is 11.6 Å². The van der Waals surface area contributed by atoms with Crippen molar-refractivity contribution in [1.82, 2.24) is 0 Å². The maximum absolute atomic E-state index is 11.1. The third-order valence-corrected chi connectivity index (χ3v) is 2.82. The third kappa shape index (κ3) is 3.80. The van der Waals surface area contributed by atoms with Gasteiger partial charge in [-0.3, -0.25) is 4.79 Å². The summed E-state index contributed by atoms with van der Waals surface area (Å²) in [5.41, 5.74) is 0.963. The summed E-state index contributed by atoms with van der Waals surface area (Å²) in [5.74, 6) is -1.30. The number of ether oxygens (including phenoxy) is 3. The number of hydrogen-bond acceptors (Lipinski definition) is 4. The normalized spacial score (nSPS) is 25.7. The average molecular weight is 244 g/mol. The van der Waals surface area contributed by atoms with Gasteiger partial charge in [-0.25, -0.2) is 0 Å². The minimum absolute atomic E-state index is 0.177. The Morgan fingerprint density at radius 1 is 1.65 bits per heavy atom. The smallest absolute Gasteiger partial charge is 0.309 e. The molecule has 0 aromatic heterocycles. The second kappa shape index (κ2) is 6.74. The van der Waals surface area contributed by atoms with Crippen LogP contribution in [-0.4, -0.2) is 43.8 Å². The molecule has 0 amide bonds. The summed E-state index contributed by atoms with van der Waals surface area (Å²) in [6.45, 7) is 4.35. The highest BCUT2D eigenvalue weighted by Crippen LogP contribution is 2.27. The van der Waals surface area contributed by atoms with Crippen LogP contribution in [0.3, 0.4) is 0 Å². The number of rotatable bonds is 7. The van der Waals surface area contributed by atoms with Crippen molar-refractivity contribution in [2.24, 2.45) is 5.92 Å². The van der Waals surface area contributed by atoms with Gasteiger partial charge < -0.3 is 19.3 Å². The van der Waals surface area contributed by atoms with Crippen molar-refractivity contribution in [3.05, 3.63) is 11.6 Å². The van der Waals surface area contributed by atoms with Gasteiger partial charge in [0.2, 0.25) is 0 Å². The molecule has 0 aliphatic carbocycles. The molecule has 3 atom stereocenters. The number of carboxylic acids is 1. The van der Waals surface area contributed by atoms with Crippen LogP contribution >= 0.6 is 0 Å². The molecule has 98 valence electrons. The van der Waals surface area contributed by atoms with Crippen molar-refractivity contribution >= 4 is 5.97 Å². The second-order valence-corrected chi connectivity index (χ2v) is 4.14. The zero-order valence-electron chi connectivity index (χ0n) is 10.5. The highest BCUT2D eigenvalue weighted by atomic mass is 16.7. The Hall–Kier alpha value is -0.910. The molecule has 0 spiro atoms. The van der Waals surface area contributed by atoms with Gasteiger partial charge in [0.25, 0.3) is 0 Å². The van der Waals surface area contributed by atoms with Gasteiger partial charge >= 0.3 is 5.97 Å². The molecule has 5 nitrogen and oxygen atoms in total. The SMILES string of the molecule is CC[C@@H](C(=O)O)[C@H]1O[C@H](COCOC)C=C1C. The Balaban J connectivity index is 2.51. The first-order valence-electron chi connectivity index (χ1n) is 5.73. The summed E-state index contributed by atoms with van der Waals surface area (Å²) in [6.07, 6.45) is 1.96. The summed E-state index contributed by atoms with van der Waals surface area (Å²) in [5, 5.41) is 9.09. The predicted octanol–water partition coefficient (Wildman–Crippen LogP) is 1.43. The Labute approximate surface area is 101 Å². The van der Waals surface area contributed by atoms with Crippen LogP contribution < -0.4 is 0 Å². The molecule has 5 heteroatoms. The van der Waals surface area contributed by atoms with E-state index < -0.39 is 11.9 Å². The molecule has 0 unspecified atom stereocenters. The summed E-state index contributed by atoms with van der Waals surface area (Å²) >= 11 is 0. The van der Waals surface area contributed by atoms with Gasteiger partial charge in [-0.05, 0) is 18.9 Å². The lowest BCUT2D eigenvalue weighted by Gasteiger charge is -2.21. The van der Waals surface area contributed by atoms with Gasteiger partial charge in [-0.15, -0.1) is 0 Å². The van der Waals surface area contributed by atoms with E-state index in [9.17, 15) is 4.79 Å². The van der Waals surface area contributed by atoms with E-state index in [1.54, 1.807) is 7.11 Å². The van der Waals surface area contributed by atoms with E-state index in [1.165, 1.54) is 0 Å². The van der Waals surface area contributed by atoms with Crippen molar-refractivity contribution in [3.63, 3.8) is 0 Å². The largest absolute Gasteiger partial charge is 0.481 e. The number of aliphatic carboxylic acids is 1. The molecule has 1 rings (SSSR count). The molecule has 17 heavy (non-hydrogen) atoms. The first-order chi connectivity index (χ1) is 8.10. The Morgan fingerprint density at radius 2 is 2.35 bits per heavy atom. The molecular weight excluding hydrogens is 224 g/mol. The van der Waals surface area contributed by atoms with Crippen molar-refractivity contribution < 1.29 is 24.1 Å². The summed E-state index contributed by atoms with van der Waals surface area (Å²) in [7, 11) is 1.55. The number of carboxylic acid groups (broad SMARTS) is 1. The molecule has 0 fully saturated rings. The highest BCUT2D eigenvalue weighted by molar-refractivity contribution is 5.71. The van der Waals surface area contributed by atoms with Crippen LogP contribution in [0.1, 0.15) is 20.3 Å². The van der Waals surface area contributed by atoms with Crippen LogP contribution in [0.2, 0.25) is 0 Å². The van der Waals surface area contributed by atoms with E-state index in [0.29, 0.717) is 13.0 Å². The molecule has 0 bridgehead atoms. The minimum Gasteiger partial charge on any atom is -0.481 e. The molecule has 1 aliphatic heterocycles. The lowest BCUT2D eigenvalue weighted by molar-refractivity contribution is -0.148. The van der Waals surface area contributed by atoms with Crippen molar-refractivity contribution in [1.29, 1.82) is 0 Å². The summed E-state index contributed by atoms with van der Waals surface area (Å²) < 4.78 is 15.6. The zero-order chi connectivity index (χ0) is 12.8. The Morgan fingerprint density at radius 3 is 2.88 bits per heavy atom. The van der Waals surface area contributed by atoms with Gasteiger partial charge in [-0.1, -0.05) is 13.0 Å². The minimum atomic E-state index is -0.816. The van der Waals surface area contributed by atoms with Gasteiger partial charge in [-0.2, -0.15) is 0 Å². The number of methoxy groups -OCH3 is 1.